The van der Waals surface area contributed by atoms with E-state index in [0.29, 0.717) is 12.1 Å². The van der Waals surface area contributed by atoms with Gasteiger partial charge in [-0.15, -0.1) is 0 Å². The summed E-state index contributed by atoms with van der Waals surface area (Å²) in [7, 11) is 0. The van der Waals surface area contributed by atoms with Gasteiger partial charge in [-0.05, 0) is 49.9 Å². The highest BCUT2D eigenvalue weighted by atomic mass is 16.2. The lowest BCUT2D eigenvalue weighted by Gasteiger charge is -2.33. The number of amides is 1. The number of hydrogen-bond donors (Lipinski definition) is 1. The maximum atomic E-state index is 12.5. The van der Waals surface area contributed by atoms with Crippen LogP contribution in [0.3, 0.4) is 0 Å². The summed E-state index contributed by atoms with van der Waals surface area (Å²) in [5.41, 5.74) is 3.74. The Balaban J connectivity index is 1.97. The average molecular weight is 326 g/mol. The van der Waals surface area contributed by atoms with E-state index >= 15 is 0 Å². The molecule has 4 nitrogen and oxygen atoms in total. The molecule has 1 fully saturated rings. The fourth-order valence-corrected chi connectivity index (χ4v) is 3.91. The minimum Gasteiger partial charge on any atom is -0.335 e. The zero-order valence-corrected chi connectivity index (χ0v) is 14.8. The van der Waals surface area contributed by atoms with Crippen molar-refractivity contribution in [2.75, 3.05) is 0 Å². The van der Waals surface area contributed by atoms with Crippen LogP contribution in [0, 0.1) is 13.8 Å². The summed E-state index contributed by atoms with van der Waals surface area (Å²) in [6.07, 6.45) is 5.67. The molecule has 1 aliphatic rings. The standard InChI is InChI=1S/C20H26N2O2/c1-13-9-14(2)18-11-16(20(24)21-19(18)10-13)12-22(15(3)23)17-7-5-4-6-8-17/h9-11,17H,4-8,12H2,1-3H3,(H,21,24). The average Bonchev–Trinajstić information content (AvgIpc) is 2.53. The first kappa shape index (κ1) is 16.7. The van der Waals surface area contributed by atoms with Crippen LogP contribution in [-0.2, 0) is 11.3 Å². The van der Waals surface area contributed by atoms with Crippen molar-refractivity contribution in [2.45, 2.75) is 65.5 Å². The van der Waals surface area contributed by atoms with Gasteiger partial charge in [0.25, 0.3) is 5.56 Å². The number of hydrogen-bond acceptors (Lipinski definition) is 2. The van der Waals surface area contributed by atoms with Gasteiger partial charge in [0, 0.05) is 29.4 Å². The van der Waals surface area contributed by atoms with E-state index in [1.165, 1.54) is 19.3 Å². The molecule has 0 unspecified atom stereocenters. The lowest BCUT2D eigenvalue weighted by atomic mass is 9.93. The first-order chi connectivity index (χ1) is 11.5. The SMILES string of the molecule is CC(=O)N(Cc1cc2c(C)cc(C)cc2[nH]c1=O)C1CCCCC1. The lowest BCUT2D eigenvalue weighted by molar-refractivity contribution is -0.132. The van der Waals surface area contributed by atoms with E-state index < -0.39 is 0 Å². The Hall–Kier alpha value is -2.10. The predicted octanol–water partition coefficient (Wildman–Crippen LogP) is 3.83. The minimum absolute atomic E-state index is 0.0574. The molecule has 1 aromatic carbocycles. The smallest absolute Gasteiger partial charge is 0.253 e. The molecule has 1 aliphatic carbocycles. The molecule has 0 spiro atoms. The van der Waals surface area contributed by atoms with Gasteiger partial charge in [0.2, 0.25) is 5.91 Å². The second kappa shape index (κ2) is 6.80. The third kappa shape index (κ3) is 3.37. The second-order valence-corrected chi connectivity index (χ2v) is 7.11. The van der Waals surface area contributed by atoms with E-state index in [1.54, 1.807) is 6.92 Å². The number of pyridine rings is 1. The predicted molar refractivity (Wildman–Crippen MR) is 97.1 cm³/mol. The van der Waals surface area contributed by atoms with Crippen LogP contribution in [0.4, 0.5) is 0 Å². The number of aromatic nitrogens is 1. The number of aryl methyl sites for hydroxylation is 2. The van der Waals surface area contributed by atoms with E-state index in [1.807, 2.05) is 24.0 Å². The molecule has 128 valence electrons. The zero-order valence-electron chi connectivity index (χ0n) is 14.8. The van der Waals surface area contributed by atoms with E-state index in [-0.39, 0.29) is 17.5 Å². The van der Waals surface area contributed by atoms with E-state index in [2.05, 4.69) is 18.0 Å². The van der Waals surface area contributed by atoms with Crippen molar-refractivity contribution in [3.8, 4) is 0 Å². The number of nitrogens with zero attached hydrogens (tertiary/aromatic N) is 1. The number of H-pyrrole nitrogens is 1. The third-order valence-corrected chi connectivity index (χ3v) is 5.15. The Labute approximate surface area is 142 Å². The highest BCUT2D eigenvalue weighted by Gasteiger charge is 2.24. The number of nitrogens with one attached hydrogen (secondary N) is 1. The van der Waals surface area contributed by atoms with Gasteiger partial charge in [0.1, 0.15) is 0 Å². The number of fused-ring (bicyclic) bond motifs is 1. The van der Waals surface area contributed by atoms with Crippen LogP contribution in [0.2, 0.25) is 0 Å². The first-order valence-corrected chi connectivity index (χ1v) is 8.86. The number of carbonyl (C=O) groups is 1. The van der Waals surface area contributed by atoms with Crippen molar-refractivity contribution in [3.05, 3.63) is 45.2 Å². The highest BCUT2D eigenvalue weighted by molar-refractivity contribution is 5.83. The minimum atomic E-state index is -0.0884. The Kier molecular flexibility index (Phi) is 4.74. The monoisotopic (exact) mass is 326 g/mol. The zero-order chi connectivity index (χ0) is 17.3. The van der Waals surface area contributed by atoms with Gasteiger partial charge in [-0.1, -0.05) is 25.3 Å². The lowest BCUT2D eigenvalue weighted by Crippen LogP contribution is -2.40. The fourth-order valence-electron chi connectivity index (χ4n) is 3.91. The largest absolute Gasteiger partial charge is 0.335 e. The van der Waals surface area contributed by atoms with Gasteiger partial charge in [-0.25, -0.2) is 0 Å². The molecule has 0 radical (unpaired) electrons. The van der Waals surface area contributed by atoms with Crippen LogP contribution >= 0.6 is 0 Å². The van der Waals surface area contributed by atoms with Crippen LogP contribution in [-0.4, -0.2) is 21.8 Å². The summed E-state index contributed by atoms with van der Waals surface area (Å²) in [4.78, 5) is 29.5. The maximum Gasteiger partial charge on any atom is 0.253 e. The molecular weight excluding hydrogens is 300 g/mol. The number of aromatic amines is 1. The Bertz CT molecular complexity index is 816. The summed E-state index contributed by atoms with van der Waals surface area (Å²) in [5.74, 6) is 0.0574. The van der Waals surface area contributed by atoms with Crippen LogP contribution < -0.4 is 5.56 Å². The van der Waals surface area contributed by atoms with E-state index in [4.69, 9.17) is 0 Å². The fraction of sp³-hybridized carbons (Fsp3) is 0.500. The Morgan fingerprint density at radius 3 is 2.54 bits per heavy atom. The molecule has 1 aromatic heterocycles. The number of rotatable bonds is 3. The molecule has 0 saturated heterocycles. The van der Waals surface area contributed by atoms with Crippen molar-refractivity contribution in [2.24, 2.45) is 0 Å². The van der Waals surface area contributed by atoms with Crippen LogP contribution in [0.5, 0.6) is 0 Å². The van der Waals surface area contributed by atoms with Gasteiger partial charge in [-0.3, -0.25) is 9.59 Å². The summed E-state index contributed by atoms with van der Waals surface area (Å²) in [6.45, 7) is 6.09. The van der Waals surface area contributed by atoms with Crippen LogP contribution in [0.25, 0.3) is 10.9 Å². The molecule has 1 amide bonds. The second-order valence-electron chi connectivity index (χ2n) is 7.11. The van der Waals surface area contributed by atoms with Crippen molar-refractivity contribution >= 4 is 16.8 Å². The molecule has 0 bridgehead atoms. The first-order valence-electron chi connectivity index (χ1n) is 8.86. The molecular formula is C20H26N2O2. The summed E-state index contributed by atoms with van der Waals surface area (Å²) in [6, 6.07) is 6.35. The molecule has 24 heavy (non-hydrogen) atoms. The van der Waals surface area contributed by atoms with Gasteiger partial charge >= 0.3 is 0 Å². The normalized spacial score (nSPS) is 15.6. The summed E-state index contributed by atoms with van der Waals surface area (Å²) >= 11 is 0. The van der Waals surface area contributed by atoms with E-state index in [9.17, 15) is 9.59 Å². The Morgan fingerprint density at radius 1 is 1.17 bits per heavy atom. The van der Waals surface area contributed by atoms with Gasteiger partial charge < -0.3 is 9.88 Å². The molecule has 4 heteroatoms. The molecule has 1 N–H and O–H groups in total. The van der Waals surface area contributed by atoms with Crippen molar-refractivity contribution in [1.29, 1.82) is 0 Å². The topological polar surface area (TPSA) is 53.2 Å². The van der Waals surface area contributed by atoms with Crippen molar-refractivity contribution in [1.82, 2.24) is 9.88 Å². The van der Waals surface area contributed by atoms with Crippen molar-refractivity contribution in [3.63, 3.8) is 0 Å². The third-order valence-electron chi connectivity index (χ3n) is 5.15. The van der Waals surface area contributed by atoms with Gasteiger partial charge in [0.15, 0.2) is 0 Å². The maximum absolute atomic E-state index is 12.5. The van der Waals surface area contributed by atoms with Crippen LogP contribution in [0.15, 0.2) is 23.0 Å². The molecule has 1 heterocycles. The molecule has 1 saturated carbocycles. The van der Waals surface area contributed by atoms with Crippen molar-refractivity contribution < 1.29 is 4.79 Å². The van der Waals surface area contributed by atoms with Gasteiger partial charge in [0.05, 0.1) is 6.54 Å². The van der Waals surface area contributed by atoms with Crippen LogP contribution in [0.1, 0.15) is 55.7 Å². The molecule has 0 atom stereocenters. The number of carbonyl (C=O) groups excluding carboxylic acids is 1. The quantitative estimate of drug-likeness (QED) is 0.932. The molecule has 2 aromatic rings. The Morgan fingerprint density at radius 2 is 1.88 bits per heavy atom. The molecule has 3 rings (SSSR count). The van der Waals surface area contributed by atoms with E-state index in [0.717, 1.165) is 34.9 Å². The highest BCUT2D eigenvalue weighted by Crippen LogP contribution is 2.25. The summed E-state index contributed by atoms with van der Waals surface area (Å²) in [5, 5.41) is 1.06. The molecule has 0 aliphatic heterocycles. The number of benzene rings is 1. The summed E-state index contributed by atoms with van der Waals surface area (Å²) < 4.78 is 0. The van der Waals surface area contributed by atoms with Gasteiger partial charge in [-0.2, -0.15) is 0 Å².